The number of nitro benzene ring substituents is 1. The minimum absolute atomic E-state index is 0.100. The SMILES string of the molecule is Cc1ccc(C)c(NC(=O)C(NNC(=O)c2cccc([N+](=O)[O-])c2)c2ccccc2)c1. The average Bonchev–Trinajstić information content (AvgIpc) is 2.77. The molecule has 31 heavy (non-hydrogen) atoms. The Hall–Kier alpha value is -4.04. The summed E-state index contributed by atoms with van der Waals surface area (Å²) in [6.45, 7) is 3.82. The topological polar surface area (TPSA) is 113 Å². The highest BCUT2D eigenvalue weighted by molar-refractivity contribution is 5.97. The number of hydrazine groups is 1. The number of amides is 2. The van der Waals surface area contributed by atoms with Crippen molar-refractivity contribution < 1.29 is 14.5 Å². The molecule has 2 amide bonds. The first-order valence-electron chi connectivity index (χ1n) is 9.58. The number of nitro groups is 1. The van der Waals surface area contributed by atoms with Gasteiger partial charge in [-0.1, -0.05) is 48.5 Å². The summed E-state index contributed by atoms with van der Waals surface area (Å²) < 4.78 is 0. The summed E-state index contributed by atoms with van der Waals surface area (Å²) in [5.41, 5.74) is 8.38. The molecule has 0 radical (unpaired) electrons. The molecular weight excluding hydrogens is 396 g/mol. The zero-order valence-corrected chi connectivity index (χ0v) is 17.1. The Balaban J connectivity index is 1.79. The molecule has 158 valence electrons. The number of nitrogens with one attached hydrogen (secondary N) is 3. The fourth-order valence-electron chi connectivity index (χ4n) is 2.99. The smallest absolute Gasteiger partial charge is 0.270 e. The molecule has 0 aromatic heterocycles. The molecule has 3 rings (SSSR count). The number of carbonyl (C=O) groups excluding carboxylic acids is 2. The molecule has 0 bridgehead atoms. The third-order valence-electron chi connectivity index (χ3n) is 4.70. The number of rotatable bonds is 7. The van der Waals surface area contributed by atoms with Crippen LogP contribution in [0.5, 0.6) is 0 Å². The molecule has 0 saturated heterocycles. The van der Waals surface area contributed by atoms with Crippen LogP contribution in [-0.4, -0.2) is 16.7 Å². The first kappa shape index (κ1) is 21.7. The van der Waals surface area contributed by atoms with Crippen LogP contribution in [0.4, 0.5) is 11.4 Å². The molecule has 0 spiro atoms. The van der Waals surface area contributed by atoms with Gasteiger partial charge in [-0.05, 0) is 42.7 Å². The van der Waals surface area contributed by atoms with E-state index in [9.17, 15) is 19.7 Å². The predicted octanol–water partition coefficient (Wildman–Crippen LogP) is 3.83. The van der Waals surface area contributed by atoms with Gasteiger partial charge in [0.1, 0.15) is 6.04 Å². The Morgan fingerprint density at radius 2 is 1.68 bits per heavy atom. The van der Waals surface area contributed by atoms with Gasteiger partial charge >= 0.3 is 0 Å². The molecular formula is C23H22N4O4. The predicted molar refractivity (Wildman–Crippen MR) is 117 cm³/mol. The zero-order chi connectivity index (χ0) is 22.4. The number of non-ortho nitro benzene ring substituents is 1. The Kier molecular flexibility index (Phi) is 6.74. The van der Waals surface area contributed by atoms with Gasteiger partial charge in [0.05, 0.1) is 4.92 Å². The van der Waals surface area contributed by atoms with Gasteiger partial charge in [0.15, 0.2) is 0 Å². The number of carbonyl (C=O) groups is 2. The fourth-order valence-corrected chi connectivity index (χ4v) is 2.99. The maximum atomic E-state index is 13.1. The third kappa shape index (κ3) is 5.52. The van der Waals surface area contributed by atoms with Crippen LogP contribution in [0.2, 0.25) is 0 Å². The summed E-state index contributed by atoms with van der Waals surface area (Å²) in [5, 5.41) is 13.8. The van der Waals surface area contributed by atoms with Crippen molar-refractivity contribution in [2.24, 2.45) is 0 Å². The van der Waals surface area contributed by atoms with Crippen LogP contribution < -0.4 is 16.2 Å². The lowest BCUT2D eigenvalue weighted by molar-refractivity contribution is -0.384. The highest BCUT2D eigenvalue weighted by atomic mass is 16.6. The minimum Gasteiger partial charge on any atom is -0.324 e. The van der Waals surface area contributed by atoms with Gasteiger partial charge in [-0.3, -0.25) is 25.1 Å². The van der Waals surface area contributed by atoms with E-state index in [2.05, 4.69) is 16.2 Å². The lowest BCUT2D eigenvalue weighted by Crippen LogP contribution is -2.44. The van der Waals surface area contributed by atoms with E-state index in [0.717, 1.165) is 11.1 Å². The molecule has 0 saturated carbocycles. The molecule has 8 nitrogen and oxygen atoms in total. The Morgan fingerprint density at radius 3 is 2.39 bits per heavy atom. The fraction of sp³-hybridized carbons (Fsp3) is 0.130. The molecule has 3 aromatic carbocycles. The Bertz CT molecular complexity index is 1120. The van der Waals surface area contributed by atoms with Crippen LogP contribution in [-0.2, 0) is 4.79 Å². The van der Waals surface area contributed by atoms with Crippen molar-refractivity contribution in [1.82, 2.24) is 10.9 Å². The van der Waals surface area contributed by atoms with Crippen molar-refractivity contribution in [2.45, 2.75) is 19.9 Å². The summed E-state index contributed by atoms with van der Waals surface area (Å²) in [7, 11) is 0. The van der Waals surface area contributed by atoms with Gasteiger partial charge < -0.3 is 5.32 Å². The van der Waals surface area contributed by atoms with Crippen LogP contribution in [0.3, 0.4) is 0 Å². The number of nitrogens with zero attached hydrogens (tertiary/aromatic N) is 1. The van der Waals surface area contributed by atoms with Crippen molar-refractivity contribution in [3.63, 3.8) is 0 Å². The van der Waals surface area contributed by atoms with Crippen molar-refractivity contribution in [1.29, 1.82) is 0 Å². The van der Waals surface area contributed by atoms with Crippen molar-refractivity contribution in [3.05, 3.63) is 105 Å². The Labute approximate surface area is 179 Å². The minimum atomic E-state index is -0.885. The van der Waals surface area contributed by atoms with E-state index in [4.69, 9.17) is 0 Å². The molecule has 1 unspecified atom stereocenters. The van der Waals surface area contributed by atoms with Gasteiger partial charge in [0, 0.05) is 23.4 Å². The van der Waals surface area contributed by atoms with Crippen LogP contribution in [0, 0.1) is 24.0 Å². The van der Waals surface area contributed by atoms with E-state index in [1.165, 1.54) is 24.3 Å². The number of anilines is 1. The quantitative estimate of drug-likeness (QED) is 0.399. The molecule has 8 heteroatoms. The monoisotopic (exact) mass is 418 g/mol. The second-order valence-electron chi connectivity index (χ2n) is 7.06. The van der Waals surface area contributed by atoms with Gasteiger partial charge in [-0.2, -0.15) is 0 Å². The largest absolute Gasteiger partial charge is 0.324 e. The summed E-state index contributed by atoms with van der Waals surface area (Å²) in [6, 6.07) is 19.1. The maximum Gasteiger partial charge on any atom is 0.270 e. The van der Waals surface area contributed by atoms with Crippen LogP contribution in [0.25, 0.3) is 0 Å². The highest BCUT2D eigenvalue weighted by Crippen LogP contribution is 2.20. The summed E-state index contributed by atoms with van der Waals surface area (Å²) in [5.74, 6) is -0.955. The second-order valence-corrected chi connectivity index (χ2v) is 7.06. The number of benzene rings is 3. The van der Waals surface area contributed by atoms with E-state index < -0.39 is 16.9 Å². The van der Waals surface area contributed by atoms with Crippen molar-refractivity contribution in [3.8, 4) is 0 Å². The van der Waals surface area contributed by atoms with E-state index in [1.807, 2.05) is 38.1 Å². The highest BCUT2D eigenvalue weighted by Gasteiger charge is 2.22. The lowest BCUT2D eigenvalue weighted by atomic mass is 10.1. The van der Waals surface area contributed by atoms with Gasteiger partial charge in [0.2, 0.25) is 5.91 Å². The molecule has 1 atom stereocenters. The number of aryl methyl sites for hydroxylation is 2. The molecule has 0 heterocycles. The van der Waals surface area contributed by atoms with Crippen LogP contribution in [0.15, 0.2) is 72.8 Å². The maximum absolute atomic E-state index is 13.1. The molecule has 3 aromatic rings. The summed E-state index contributed by atoms with van der Waals surface area (Å²) in [4.78, 5) is 35.9. The molecule has 3 N–H and O–H groups in total. The van der Waals surface area contributed by atoms with Gasteiger partial charge in [-0.25, -0.2) is 5.43 Å². The first-order chi connectivity index (χ1) is 14.8. The summed E-state index contributed by atoms with van der Waals surface area (Å²) >= 11 is 0. The van der Waals surface area contributed by atoms with E-state index in [0.29, 0.717) is 11.3 Å². The lowest BCUT2D eigenvalue weighted by Gasteiger charge is -2.20. The first-order valence-corrected chi connectivity index (χ1v) is 9.58. The number of hydrogen-bond acceptors (Lipinski definition) is 5. The zero-order valence-electron chi connectivity index (χ0n) is 17.1. The van der Waals surface area contributed by atoms with E-state index >= 15 is 0 Å². The van der Waals surface area contributed by atoms with Crippen molar-refractivity contribution >= 4 is 23.2 Å². The molecule has 0 aliphatic rings. The molecule has 0 aliphatic carbocycles. The molecule has 0 aliphatic heterocycles. The average molecular weight is 418 g/mol. The second kappa shape index (κ2) is 9.64. The van der Waals surface area contributed by atoms with Gasteiger partial charge in [-0.15, -0.1) is 0 Å². The van der Waals surface area contributed by atoms with Crippen LogP contribution >= 0.6 is 0 Å². The van der Waals surface area contributed by atoms with E-state index in [1.54, 1.807) is 24.3 Å². The standard InChI is InChI=1S/C23H22N4O4/c1-15-11-12-16(2)20(13-15)24-23(29)21(17-7-4-3-5-8-17)25-26-22(28)18-9-6-10-19(14-18)27(30)31/h3-14,21,25H,1-2H3,(H,24,29)(H,26,28). The molecule has 0 fully saturated rings. The Morgan fingerprint density at radius 1 is 0.935 bits per heavy atom. The van der Waals surface area contributed by atoms with Crippen molar-refractivity contribution in [2.75, 3.05) is 5.32 Å². The third-order valence-corrected chi connectivity index (χ3v) is 4.70. The van der Waals surface area contributed by atoms with E-state index in [-0.39, 0.29) is 17.2 Å². The summed E-state index contributed by atoms with van der Waals surface area (Å²) in [6.07, 6.45) is 0. The van der Waals surface area contributed by atoms with Gasteiger partial charge in [0.25, 0.3) is 11.6 Å². The van der Waals surface area contributed by atoms with Crippen LogP contribution in [0.1, 0.15) is 33.1 Å². The normalized spacial score (nSPS) is 11.4. The number of hydrogen-bond donors (Lipinski definition) is 3.